The quantitative estimate of drug-likeness (QED) is 0.0831. The molecule has 2 aliphatic heterocycles. The Morgan fingerprint density at radius 2 is 1.49 bits per heavy atom. The van der Waals surface area contributed by atoms with Gasteiger partial charge in [-0.15, -0.1) is 0 Å². The lowest BCUT2D eigenvalue weighted by molar-refractivity contribution is -0.305. The number of aryl methyl sites for hydroxylation is 2. The van der Waals surface area contributed by atoms with Crippen molar-refractivity contribution in [3.8, 4) is 0 Å². The number of hydrogen-bond donors (Lipinski definition) is 1. The van der Waals surface area contributed by atoms with Gasteiger partial charge >= 0.3 is 11.9 Å². The standard InChI is InChI=1S/C42H53FN2O9S/c1-29(46)53-38(33-17-19-35(43)20-18-33)24-23-37-39(45(40(37)48)36-21-13-32(14-22-36)10-8-26-44-55(5,49)50)34-15-11-31(12-16-34)9-6-7-25-42(54-30(2)47)27-51-41(3,4)52-28-42/h11-22,37-39,44H,6-10,23-28H2,1-5H3/t37-,38+,39-/m1/s1. The molecule has 0 aromatic heterocycles. The number of carbonyl (C=O) groups excluding carboxylic acids is 3. The van der Waals surface area contributed by atoms with E-state index in [2.05, 4.69) is 29.0 Å². The smallest absolute Gasteiger partial charge is 0.303 e. The van der Waals surface area contributed by atoms with E-state index in [4.69, 9.17) is 18.9 Å². The van der Waals surface area contributed by atoms with Crippen LogP contribution in [0.5, 0.6) is 0 Å². The van der Waals surface area contributed by atoms with Crippen molar-refractivity contribution in [2.45, 2.75) is 103 Å². The molecular weight excluding hydrogens is 728 g/mol. The average Bonchev–Trinajstić information content (AvgIpc) is 3.12. The monoisotopic (exact) mass is 780 g/mol. The van der Waals surface area contributed by atoms with Crippen molar-refractivity contribution >= 4 is 33.6 Å². The number of ether oxygens (including phenoxy) is 4. The molecule has 1 N–H and O–H groups in total. The maximum absolute atomic E-state index is 13.9. The molecule has 2 saturated heterocycles. The summed E-state index contributed by atoms with van der Waals surface area (Å²) in [5.41, 5.74) is 3.75. The van der Waals surface area contributed by atoms with Gasteiger partial charge in [0.2, 0.25) is 15.9 Å². The van der Waals surface area contributed by atoms with Gasteiger partial charge in [0.15, 0.2) is 11.4 Å². The van der Waals surface area contributed by atoms with Gasteiger partial charge in [0.05, 0.1) is 31.4 Å². The predicted molar refractivity (Wildman–Crippen MR) is 206 cm³/mol. The Balaban J connectivity index is 1.28. The van der Waals surface area contributed by atoms with Crippen LogP contribution in [0.2, 0.25) is 0 Å². The summed E-state index contributed by atoms with van der Waals surface area (Å²) >= 11 is 0. The lowest BCUT2D eigenvalue weighted by Crippen LogP contribution is -2.55. The SMILES string of the molecule is CC(=O)O[C@@H](CC[C@H]1C(=O)N(c2ccc(CCCNS(C)(=O)=O)cc2)[C@@H]1c1ccc(CCCCC2(OC(C)=O)COC(C)(C)OC2)cc1)c1ccc(F)cc1. The van der Waals surface area contributed by atoms with E-state index in [0.717, 1.165) is 47.9 Å². The van der Waals surface area contributed by atoms with Crippen LogP contribution in [0.1, 0.15) is 101 Å². The van der Waals surface area contributed by atoms with E-state index in [0.29, 0.717) is 44.2 Å². The molecule has 0 bridgehead atoms. The molecular formula is C42H53FN2O9S. The van der Waals surface area contributed by atoms with Crippen molar-refractivity contribution in [2.75, 3.05) is 30.9 Å². The molecule has 5 rings (SSSR count). The fraction of sp³-hybridized carbons (Fsp3) is 0.500. The van der Waals surface area contributed by atoms with Crippen molar-refractivity contribution in [3.63, 3.8) is 0 Å². The molecule has 55 heavy (non-hydrogen) atoms. The van der Waals surface area contributed by atoms with Crippen molar-refractivity contribution in [1.29, 1.82) is 0 Å². The maximum Gasteiger partial charge on any atom is 0.303 e. The normalized spacial score (nSPS) is 19.7. The van der Waals surface area contributed by atoms with Gasteiger partial charge in [0.1, 0.15) is 11.9 Å². The third-order valence-electron chi connectivity index (χ3n) is 10.1. The zero-order chi connectivity index (χ0) is 39.8. The Kier molecular flexibility index (Phi) is 13.9. The Labute approximate surface area is 323 Å². The van der Waals surface area contributed by atoms with E-state index in [1.54, 1.807) is 17.0 Å². The van der Waals surface area contributed by atoms with Gasteiger partial charge in [-0.25, -0.2) is 17.5 Å². The zero-order valence-electron chi connectivity index (χ0n) is 32.3. The first-order valence-corrected chi connectivity index (χ1v) is 20.8. The number of unbranched alkanes of at least 4 members (excludes halogenated alkanes) is 1. The molecule has 0 unspecified atom stereocenters. The molecule has 2 aliphatic rings. The number of β-lactam (4-membered cyclic amide) rings is 1. The minimum atomic E-state index is -3.25. The molecule has 0 aliphatic carbocycles. The number of nitrogens with zero attached hydrogens (tertiary/aromatic N) is 1. The summed E-state index contributed by atoms with van der Waals surface area (Å²) in [5, 5.41) is 0. The largest absolute Gasteiger partial charge is 0.458 e. The molecule has 0 saturated carbocycles. The minimum Gasteiger partial charge on any atom is -0.458 e. The number of halogens is 1. The molecule has 3 atom stereocenters. The number of hydrogen-bond acceptors (Lipinski definition) is 9. The highest BCUT2D eigenvalue weighted by molar-refractivity contribution is 7.88. The number of amides is 1. The van der Waals surface area contributed by atoms with Crippen LogP contribution < -0.4 is 9.62 Å². The summed E-state index contributed by atoms with van der Waals surface area (Å²) in [6, 6.07) is 21.6. The second kappa shape index (κ2) is 18.2. The minimum absolute atomic E-state index is 0.0411. The van der Waals surface area contributed by atoms with Gasteiger partial charge in [-0.05, 0) is 112 Å². The molecule has 1 amide bonds. The fourth-order valence-electron chi connectivity index (χ4n) is 7.29. The van der Waals surface area contributed by atoms with E-state index in [1.807, 2.05) is 38.1 Å². The average molecular weight is 781 g/mol. The molecule has 3 aromatic carbocycles. The van der Waals surface area contributed by atoms with Crippen LogP contribution in [0.3, 0.4) is 0 Å². The van der Waals surface area contributed by atoms with E-state index >= 15 is 0 Å². The van der Waals surface area contributed by atoms with Gasteiger partial charge < -0.3 is 23.8 Å². The third-order valence-corrected chi connectivity index (χ3v) is 10.8. The number of carbonyl (C=O) groups is 3. The zero-order valence-corrected chi connectivity index (χ0v) is 33.2. The number of anilines is 1. The topological polar surface area (TPSA) is 138 Å². The van der Waals surface area contributed by atoms with Crippen LogP contribution in [0, 0.1) is 11.7 Å². The molecule has 3 aromatic rings. The van der Waals surface area contributed by atoms with Gasteiger partial charge in [-0.1, -0.05) is 48.5 Å². The van der Waals surface area contributed by atoms with E-state index in [-0.39, 0.29) is 37.0 Å². The Morgan fingerprint density at radius 1 is 0.891 bits per heavy atom. The Hall–Kier alpha value is -4.17. The van der Waals surface area contributed by atoms with Crippen LogP contribution in [-0.4, -0.2) is 63.7 Å². The third kappa shape index (κ3) is 11.9. The first-order chi connectivity index (χ1) is 26.0. The molecule has 11 nitrogen and oxygen atoms in total. The fourth-order valence-corrected chi connectivity index (χ4v) is 7.80. The summed E-state index contributed by atoms with van der Waals surface area (Å²) in [5.74, 6) is -2.35. The van der Waals surface area contributed by atoms with Gasteiger partial charge in [0.25, 0.3) is 0 Å². The molecule has 0 radical (unpaired) electrons. The number of rotatable bonds is 18. The van der Waals surface area contributed by atoms with E-state index in [1.165, 1.54) is 26.0 Å². The van der Waals surface area contributed by atoms with Crippen LogP contribution in [0.4, 0.5) is 10.1 Å². The summed E-state index contributed by atoms with van der Waals surface area (Å²) < 4.78 is 62.0. The molecule has 2 heterocycles. The van der Waals surface area contributed by atoms with Gasteiger partial charge in [-0.3, -0.25) is 14.4 Å². The number of esters is 2. The second-order valence-electron chi connectivity index (χ2n) is 15.1. The lowest BCUT2D eigenvalue weighted by atomic mass is 9.78. The highest BCUT2D eigenvalue weighted by Gasteiger charge is 2.48. The number of sulfonamides is 1. The number of benzene rings is 3. The van der Waals surface area contributed by atoms with Crippen LogP contribution >= 0.6 is 0 Å². The summed E-state index contributed by atoms with van der Waals surface area (Å²) in [4.78, 5) is 39.6. The molecule has 298 valence electrons. The summed E-state index contributed by atoms with van der Waals surface area (Å²) in [6.07, 6.45) is 5.73. The first-order valence-electron chi connectivity index (χ1n) is 18.9. The second-order valence-corrected chi connectivity index (χ2v) is 17.0. The van der Waals surface area contributed by atoms with Crippen molar-refractivity contribution in [1.82, 2.24) is 4.72 Å². The number of nitrogens with one attached hydrogen (secondary N) is 1. The van der Waals surface area contributed by atoms with Gasteiger partial charge in [0, 0.05) is 26.1 Å². The molecule has 0 spiro atoms. The summed E-state index contributed by atoms with van der Waals surface area (Å²) in [7, 11) is -3.25. The highest BCUT2D eigenvalue weighted by atomic mass is 32.2. The van der Waals surface area contributed by atoms with Gasteiger partial charge in [-0.2, -0.15) is 0 Å². The Bertz CT molecular complexity index is 1870. The van der Waals surface area contributed by atoms with E-state index < -0.39 is 39.3 Å². The predicted octanol–water partition coefficient (Wildman–Crippen LogP) is 6.89. The first kappa shape index (κ1) is 42.0. The molecule has 2 fully saturated rings. The van der Waals surface area contributed by atoms with E-state index in [9.17, 15) is 27.2 Å². The maximum atomic E-state index is 13.9. The Morgan fingerprint density at radius 3 is 2.07 bits per heavy atom. The van der Waals surface area contributed by atoms with Crippen molar-refractivity contribution in [3.05, 3.63) is 101 Å². The van der Waals surface area contributed by atoms with Crippen LogP contribution in [-0.2, 0) is 56.2 Å². The summed E-state index contributed by atoms with van der Waals surface area (Å²) in [6.45, 7) is 7.31. The highest BCUT2D eigenvalue weighted by Crippen LogP contribution is 2.47. The van der Waals surface area contributed by atoms with Crippen LogP contribution in [0.25, 0.3) is 0 Å². The van der Waals surface area contributed by atoms with Crippen molar-refractivity contribution < 1.29 is 46.1 Å². The van der Waals surface area contributed by atoms with Crippen LogP contribution in [0.15, 0.2) is 72.8 Å². The lowest BCUT2D eigenvalue weighted by Gasteiger charge is -2.48. The van der Waals surface area contributed by atoms with Crippen molar-refractivity contribution in [2.24, 2.45) is 5.92 Å². The molecule has 13 heteroatoms.